The van der Waals surface area contributed by atoms with E-state index in [2.05, 4.69) is 52.9 Å². The lowest BCUT2D eigenvalue weighted by Gasteiger charge is -2.53. The largest absolute Gasteiger partial charge is 0.464 e. The summed E-state index contributed by atoms with van der Waals surface area (Å²) in [4.78, 5) is 29.7. The molecule has 0 radical (unpaired) electrons. The van der Waals surface area contributed by atoms with Crippen molar-refractivity contribution in [3.63, 3.8) is 0 Å². The lowest BCUT2D eigenvalue weighted by Crippen LogP contribution is -2.53. The van der Waals surface area contributed by atoms with Gasteiger partial charge in [0.25, 0.3) is 0 Å². The van der Waals surface area contributed by atoms with Gasteiger partial charge in [0.15, 0.2) is 5.82 Å². The smallest absolute Gasteiger partial charge is 0.316 e. The minimum Gasteiger partial charge on any atom is -0.464 e. The number of hydrogen-bond donors (Lipinski definition) is 0. The van der Waals surface area contributed by atoms with Gasteiger partial charge in [-0.25, -0.2) is 9.97 Å². The Balaban J connectivity index is 1.24. The summed E-state index contributed by atoms with van der Waals surface area (Å²) in [6.07, 6.45) is 11.5. The van der Waals surface area contributed by atoms with Gasteiger partial charge in [-0.3, -0.25) is 4.79 Å². The predicted molar refractivity (Wildman–Crippen MR) is 159 cm³/mol. The number of carbonyl (C=O) groups is 1. The maximum absolute atomic E-state index is 14.1. The number of amides is 1. The van der Waals surface area contributed by atoms with Crippen molar-refractivity contribution in [1.82, 2.24) is 20.1 Å². The second-order valence-electron chi connectivity index (χ2n) is 13.6. The number of aromatic nitrogens is 4. The maximum atomic E-state index is 14.1. The lowest BCUT2D eigenvalue weighted by molar-refractivity contribution is -0.130. The van der Waals surface area contributed by atoms with Crippen LogP contribution < -0.4 is 9.64 Å². The van der Waals surface area contributed by atoms with Crippen molar-refractivity contribution in [1.29, 1.82) is 0 Å². The third-order valence-electron chi connectivity index (χ3n) is 9.88. The van der Waals surface area contributed by atoms with Gasteiger partial charge in [0, 0.05) is 54.0 Å². The second-order valence-corrected chi connectivity index (χ2v) is 13.6. The van der Waals surface area contributed by atoms with E-state index >= 15 is 0 Å². The van der Waals surface area contributed by atoms with E-state index in [1.165, 1.54) is 0 Å². The maximum Gasteiger partial charge on any atom is 0.316 e. The predicted octanol–water partition coefficient (Wildman–Crippen LogP) is 6.27. The van der Waals surface area contributed by atoms with Crippen LogP contribution in [0.15, 0.2) is 41.2 Å². The number of benzene rings is 1. The van der Waals surface area contributed by atoms with Crippen LogP contribution in [0.25, 0.3) is 11.1 Å². The molecule has 2 heterocycles. The Bertz CT molecular complexity index is 1380. The molecule has 7 rings (SSSR count). The highest BCUT2D eigenvalue weighted by Crippen LogP contribution is 2.58. The van der Waals surface area contributed by atoms with Crippen molar-refractivity contribution in [3.05, 3.63) is 48.4 Å². The van der Waals surface area contributed by atoms with Crippen LogP contribution in [0.3, 0.4) is 0 Å². The molecule has 0 N–H and O–H groups in total. The van der Waals surface area contributed by atoms with Crippen LogP contribution in [0, 0.1) is 11.3 Å². The molecule has 4 saturated carbocycles. The molecular weight excluding hydrogens is 530 g/mol. The second kappa shape index (κ2) is 11.1. The van der Waals surface area contributed by atoms with Crippen LogP contribution in [0.4, 0.5) is 5.69 Å². The van der Waals surface area contributed by atoms with Crippen LogP contribution in [-0.2, 0) is 20.4 Å². The number of methoxy groups -OCH3 is 1. The number of carbonyl (C=O) groups excluding carboxylic acids is 1. The molecule has 0 spiro atoms. The zero-order valence-corrected chi connectivity index (χ0v) is 25.6. The summed E-state index contributed by atoms with van der Waals surface area (Å²) in [5, 5.41) is 4.33. The number of fused-ring (bicyclic) bond motifs is 3. The highest BCUT2D eigenvalue weighted by molar-refractivity contribution is 5.96. The van der Waals surface area contributed by atoms with Crippen LogP contribution in [-0.4, -0.2) is 52.4 Å². The monoisotopic (exact) mass is 573 g/mol. The van der Waals surface area contributed by atoms with E-state index < -0.39 is 0 Å². The van der Waals surface area contributed by atoms with E-state index in [0.717, 1.165) is 86.4 Å². The Hall–Kier alpha value is -3.33. The van der Waals surface area contributed by atoms with Crippen LogP contribution in [0.1, 0.15) is 90.8 Å². The van der Waals surface area contributed by atoms with Gasteiger partial charge in [0.2, 0.25) is 11.8 Å². The SMILES string of the molecule is CCOc1ncc(-c2cccc(N(CC34CCC(c5nc(C(C)(C)C)no5)(CC3)CC4)C(=O)C3CC(OC)C3)c2)cn1. The molecular formula is C33H43N5O4. The van der Waals surface area contributed by atoms with Crippen LogP contribution >= 0.6 is 0 Å². The summed E-state index contributed by atoms with van der Waals surface area (Å²) < 4.78 is 16.8. The molecule has 4 aliphatic rings. The van der Waals surface area contributed by atoms with E-state index in [0.29, 0.717) is 12.6 Å². The third-order valence-corrected chi connectivity index (χ3v) is 9.88. The van der Waals surface area contributed by atoms with Crippen molar-refractivity contribution in [2.75, 3.05) is 25.2 Å². The molecule has 3 aromatic rings. The Morgan fingerprint density at radius 2 is 1.74 bits per heavy atom. The minimum atomic E-state index is -0.137. The summed E-state index contributed by atoms with van der Waals surface area (Å²) in [5.41, 5.74) is 2.69. The average molecular weight is 574 g/mol. The summed E-state index contributed by atoms with van der Waals surface area (Å²) in [6.45, 7) is 9.50. The van der Waals surface area contributed by atoms with Crippen molar-refractivity contribution in [2.45, 2.75) is 96.0 Å². The number of anilines is 1. The quantitative estimate of drug-likeness (QED) is 0.295. The summed E-state index contributed by atoms with van der Waals surface area (Å²) in [7, 11) is 1.73. The van der Waals surface area contributed by atoms with Gasteiger partial charge < -0.3 is 18.9 Å². The van der Waals surface area contributed by atoms with E-state index in [1.807, 2.05) is 19.1 Å². The Kier molecular flexibility index (Phi) is 7.58. The lowest BCUT2D eigenvalue weighted by atomic mass is 9.53. The van der Waals surface area contributed by atoms with E-state index in [-0.39, 0.29) is 34.2 Å². The first kappa shape index (κ1) is 28.8. The van der Waals surface area contributed by atoms with Gasteiger partial charge in [0.1, 0.15) is 0 Å². The van der Waals surface area contributed by atoms with Crippen molar-refractivity contribution in [3.8, 4) is 17.1 Å². The van der Waals surface area contributed by atoms with Gasteiger partial charge in [-0.1, -0.05) is 38.1 Å². The molecule has 4 fully saturated rings. The van der Waals surface area contributed by atoms with E-state index in [1.54, 1.807) is 19.5 Å². The molecule has 9 heteroatoms. The number of hydrogen-bond acceptors (Lipinski definition) is 8. The molecule has 4 aliphatic carbocycles. The molecule has 0 saturated heterocycles. The first-order valence-corrected chi connectivity index (χ1v) is 15.4. The Morgan fingerprint density at radius 1 is 1.05 bits per heavy atom. The normalized spacial score (nSPS) is 27.0. The zero-order chi connectivity index (χ0) is 29.5. The summed E-state index contributed by atoms with van der Waals surface area (Å²) >= 11 is 0. The fourth-order valence-corrected chi connectivity index (χ4v) is 6.90. The summed E-state index contributed by atoms with van der Waals surface area (Å²) in [5.74, 6) is 1.77. The van der Waals surface area contributed by atoms with Crippen molar-refractivity contribution < 1.29 is 18.8 Å². The molecule has 42 heavy (non-hydrogen) atoms. The first-order valence-electron chi connectivity index (χ1n) is 15.4. The van der Waals surface area contributed by atoms with Gasteiger partial charge >= 0.3 is 6.01 Å². The molecule has 1 amide bonds. The number of nitrogens with zero attached hydrogens (tertiary/aromatic N) is 5. The molecule has 0 aliphatic heterocycles. The fourth-order valence-electron chi connectivity index (χ4n) is 6.90. The third kappa shape index (κ3) is 5.43. The van der Waals surface area contributed by atoms with Gasteiger partial charge in [0.05, 0.1) is 12.7 Å². The molecule has 2 aromatic heterocycles. The van der Waals surface area contributed by atoms with Gasteiger partial charge in [-0.15, -0.1) is 0 Å². The molecule has 224 valence electrons. The van der Waals surface area contributed by atoms with Crippen molar-refractivity contribution >= 4 is 11.6 Å². The van der Waals surface area contributed by atoms with Crippen molar-refractivity contribution in [2.24, 2.45) is 11.3 Å². The Morgan fingerprint density at radius 3 is 2.33 bits per heavy atom. The van der Waals surface area contributed by atoms with Crippen LogP contribution in [0.2, 0.25) is 0 Å². The topological polar surface area (TPSA) is 103 Å². The molecule has 2 bridgehead atoms. The first-order chi connectivity index (χ1) is 20.1. The Labute approximate surface area is 248 Å². The minimum absolute atomic E-state index is 0.00991. The number of ether oxygens (including phenoxy) is 2. The number of rotatable bonds is 9. The van der Waals surface area contributed by atoms with E-state index in [4.69, 9.17) is 19.0 Å². The standard InChI is InChI=1S/C33H43N5O4/c1-6-41-30-34-19-24(20-35-30)22-8-7-9-25(16-22)38(27(39)23-17-26(18-23)40-5)21-32-10-13-33(14-11-32,15-12-32)29-36-28(37-42-29)31(2,3)4/h7-9,16,19-20,23,26H,6,10-15,17-18,21H2,1-5H3. The van der Waals surface area contributed by atoms with Crippen LogP contribution in [0.5, 0.6) is 6.01 Å². The molecule has 1 aromatic carbocycles. The fraction of sp³-hybridized carbons (Fsp3) is 0.606. The summed E-state index contributed by atoms with van der Waals surface area (Å²) in [6, 6.07) is 8.59. The van der Waals surface area contributed by atoms with E-state index in [9.17, 15) is 4.79 Å². The van der Waals surface area contributed by atoms with Gasteiger partial charge in [-0.2, -0.15) is 4.98 Å². The molecule has 0 unspecified atom stereocenters. The molecule has 9 nitrogen and oxygen atoms in total. The highest BCUT2D eigenvalue weighted by Gasteiger charge is 2.53. The molecule has 0 atom stereocenters. The van der Waals surface area contributed by atoms with Gasteiger partial charge in [-0.05, 0) is 81.4 Å². The zero-order valence-electron chi connectivity index (χ0n) is 25.6. The highest BCUT2D eigenvalue weighted by atomic mass is 16.5. The average Bonchev–Trinajstić information content (AvgIpc) is 3.50.